The molecule has 21 heavy (non-hydrogen) atoms. The second kappa shape index (κ2) is 7.78. The summed E-state index contributed by atoms with van der Waals surface area (Å²) in [5, 5.41) is 10.3. The summed E-state index contributed by atoms with van der Waals surface area (Å²) >= 11 is 5.95. The third-order valence-corrected chi connectivity index (χ3v) is 4.12. The Bertz CT molecular complexity index is 481. The van der Waals surface area contributed by atoms with Gasteiger partial charge < -0.3 is 10.0 Å². The van der Waals surface area contributed by atoms with E-state index in [0.29, 0.717) is 23.7 Å². The van der Waals surface area contributed by atoms with E-state index in [2.05, 4.69) is 4.90 Å². The number of benzene rings is 1. The van der Waals surface area contributed by atoms with Crippen molar-refractivity contribution in [2.45, 2.75) is 25.9 Å². The van der Waals surface area contributed by atoms with E-state index >= 15 is 0 Å². The lowest BCUT2D eigenvalue weighted by atomic mass is 10.2. The Morgan fingerprint density at radius 2 is 2.14 bits per heavy atom. The Labute approximate surface area is 131 Å². The molecule has 2 rings (SSSR count). The molecule has 1 amide bonds. The van der Waals surface area contributed by atoms with Crippen molar-refractivity contribution in [3.63, 3.8) is 0 Å². The van der Waals surface area contributed by atoms with Gasteiger partial charge in [-0.05, 0) is 37.6 Å². The quantitative estimate of drug-likeness (QED) is 0.927. The van der Waals surface area contributed by atoms with Crippen LogP contribution in [0.5, 0.6) is 0 Å². The highest BCUT2D eigenvalue weighted by molar-refractivity contribution is 6.30. The minimum absolute atomic E-state index is 0.0374. The van der Waals surface area contributed by atoms with Crippen LogP contribution in [0.2, 0.25) is 5.02 Å². The van der Waals surface area contributed by atoms with E-state index in [4.69, 9.17) is 11.6 Å². The van der Waals surface area contributed by atoms with Crippen molar-refractivity contribution in [1.29, 1.82) is 0 Å². The van der Waals surface area contributed by atoms with Crippen LogP contribution >= 0.6 is 11.6 Å². The Balaban J connectivity index is 1.95. The summed E-state index contributed by atoms with van der Waals surface area (Å²) in [5.74, 6) is 0.0374. The smallest absolute Gasteiger partial charge is 0.253 e. The van der Waals surface area contributed by atoms with Crippen LogP contribution in [0.15, 0.2) is 24.3 Å². The fraction of sp³-hybridized carbons (Fsp3) is 0.562. The number of halogens is 1. The number of amides is 1. The van der Waals surface area contributed by atoms with Crippen LogP contribution < -0.4 is 0 Å². The Morgan fingerprint density at radius 3 is 2.86 bits per heavy atom. The first kappa shape index (κ1) is 16.3. The molecule has 0 aromatic heterocycles. The molecule has 1 fully saturated rings. The molecule has 116 valence electrons. The van der Waals surface area contributed by atoms with Crippen LogP contribution in [0.25, 0.3) is 0 Å². The van der Waals surface area contributed by atoms with Gasteiger partial charge in [0.25, 0.3) is 5.91 Å². The maximum atomic E-state index is 12.5. The molecule has 1 heterocycles. The van der Waals surface area contributed by atoms with Gasteiger partial charge in [-0.3, -0.25) is 9.69 Å². The van der Waals surface area contributed by atoms with E-state index in [0.717, 1.165) is 32.5 Å². The molecule has 0 aliphatic carbocycles. The Hall–Kier alpha value is -1.10. The number of β-amino-alcohol motifs (C(OH)–C–C–N with tert-alkyl or cyclic N) is 1. The third-order valence-electron chi connectivity index (χ3n) is 3.89. The third kappa shape index (κ3) is 4.70. The molecule has 1 saturated heterocycles. The Kier molecular flexibility index (Phi) is 6.03. The number of rotatable bonds is 4. The largest absolute Gasteiger partial charge is 0.392 e. The molecule has 0 bridgehead atoms. The maximum Gasteiger partial charge on any atom is 0.253 e. The van der Waals surface area contributed by atoms with Gasteiger partial charge in [0.05, 0.1) is 6.10 Å². The van der Waals surface area contributed by atoms with E-state index in [1.807, 2.05) is 11.8 Å². The molecule has 5 heteroatoms. The van der Waals surface area contributed by atoms with Crippen molar-refractivity contribution in [3.05, 3.63) is 34.9 Å². The number of carbonyl (C=O) groups is 1. The molecule has 1 unspecified atom stereocenters. The first-order chi connectivity index (χ1) is 10.1. The lowest BCUT2D eigenvalue weighted by Gasteiger charge is -2.23. The molecule has 0 spiro atoms. The molecular weight excluding hydrogens is 288 g/mol. The van der Waals surface area contributed by atoms with Crippen LogP contribution in [0.1, 0.15) is 30.1 Å². The average molecular weight is 311 g/mol. The number of aliphatic hydroxyl groups excluding tert-OH is 1. The van der Waals surface area contributed by atoms with Crippen molar-refractivity contribution in [2.75, 3.05) is 32.7 Å². The minimum atomic E-state index is -0.278. The van der Waals surface area contributed by atoms with Crippen LogP contribution in [0, 0.1) is 0 Å². The minimum Gasteiger partial charge on any atom is -0.392 e. The van der Waals surface area contributed by atoms with Crippen molar-refractivity contribution in [3.8, 4) is 0 Å². The van der Waals surface area contributed by atoms with Gasteiger partial charge in [-0.1, -0.05) is 24.6 Å². The predicted octanol–water partition coefficient (Wildman–Crippen LogP) is 2.26. The fourth-order valence-corrected chi connectivity index (χ4v) is 2.78. The van der Waals surface area contributed by atoms with Gasteiger partial charge in [0.15, 0.2) is 0 Å². The van der Waals surface area contributed by atoms with E-state index in [1.165, 1.54) is 0 Å². The predicted molar refractivity (Wildman–Crippen MR) is 84.7 cm³/mol. The summed E-state index contributed by atoms with van der Waals surface area (Å²) in [6.45, 7) is 5.86. The zero-order valence-corrected chi connectivity index (χ0v) is 13.2. The van der Waals surface area contributed by atoms with Crippen LogP contribution in [-0.4, -0.2) is 59.6 Å². The van der Waals surface area contributed by atoms with Crippen molar-refractivity contribution >= 4 is 17.5 Å². The average Bonchev–Trinajstić information content (AvgIpc) is 2.72. The Morgan fingerprint density at radius 1 is 1.33 bits per heavy atom. The van der Waals surface area contributed by atoms with Gasteiger partial charge in [-0.2, -0.15) is 0 Å². The molecule has 1 atom stereocenters. The van der Waals surface area contributed by atoms with Crippen LogP contribution in [-0.2, 0) is 0 Å². The van der Waals surface area contributed by atoms with Crippen LogP contribution in [0.4, 0.5) is 0 Å². The SMILES string of the molecule is CCC(O)CN1CCCN(C(=O)c2cccc(Cl)c2)CC1. The van der Waals surface area contributed by atoms with Gasteiger partial charge in [0.2, 0.25) is 0 Å². The molecule has 1 aromatic rings. The summed E-state index contributed by atoms with van der Waals surface area (Å²) in [6, 6.07) is 7.09. The number of hydrogen-bond acceptors (Lipinski definition) is 3. The highest BCUT2D eigenvalue weighted by Gasteiger charge is 2.21. The first-order valence-electron chi connectivity index (χ1n) is 7.55. The first-order valence-corrected chi connectivity index (χ1v) is 7.93. The van der Waals surface area contributed by atoms with Gasteiger partial charge in [-0.15, -0.1) is 0 Å². The lowest BCUT2D eigenvalue weighted by molar-refractivity contribution is 0.0754. The van der Waals surface area contributed by atoms with Gasteiger partial charge >= 0.3 is 0 Å². The topological polar surface area (TPSA) is 43.8 Å². The number of hydrogen-bond donors (Lipinski definition) is 1. The number of carbonyl (C=O) groups excluding carboxylic acids is 1. The summed E-state index contributed by atoms with van der Waals surface area (Å²) in [7, 11) is 0. The molecule has 1 aliphatic heterocycles. The second-order valence-corrected chi connectivity index (χ2v) is 5.96. The number of aliphatic hydroxyl groups is 1. The van der Waals surface area contributed by atoms with E-state index in [1.54, 1.807) is 24.3 Å². The summed E-state index contributed by atoms with van der Waals surface area (Å²) in [6.07, 6.45) is 1.42. The molecule has 4 nitrogen and oxygen atoms in total. The zero-order valence-electron chi connectivity index (χ0n) is 12.5. The second-order valence-electron chi connectivity index (χ2n) is 5.52. The van der Waals surface area contributed by atoms with E-state index in [9.17, 15) is 9.90 Å². The van der Waals surface area contributed by atoms with Crippen molar-refractivity contribution < 1.29 is 9.90 Å². The standard InChI is InChI=1S/C16H23ClN2O2/c1-2-15(20)12-18-7-4-8-19(10-9-18)16(21)13-5-3-6-14(17)11-13/h3,5-6,11,15,20H,2,4,7-10,12H2,1H3. The van der Waals surface area contributed by atoms with E-state index in [-0.39, 0.29) is 12.0 Å². The van der Waals surface area contributed by atoms with Crippen molar-refractivity contribution in [2.24, 2.45) is 0 Å². The molecule has 0 radical (unpaired) electrons. The lowest BCUT2D eigenvalue weighted by Crippen LogP contribution is -2.37. The van der Waals surface area contributed by atoms with Gasteiger partial charge in [-0.25, -0.2) is 0 Å². The summed E-state index contributed by atoms with van der Waals surface area (Å²) < 4.78 is 0. The molecule has 1 N–H and O–H groups in total. The van der Waals surface area contributed by atoms with Gasteiger partial charge in [0.1, 0.15) is 0 Å². The van der Waals surface area contributed by atoms with E-state index < -0.39 is 0 Å². The molecule has 0 saturated carbocycles. The molecule has 1 aromatic carbocycles. The highest BCUT2D eigenvalue weighted by Crippen LogP contribution is 2.14. The highest BCUT2D eigenvalue weighted by atomic mass is 35.5. The zero-order chi connectivity index (χ0) is 15.2. The summed E-state index contributed by atoms with van der Waals surface area (Å²) in [4.78, 5) is 16.6. The van der Waals surface area contributed by atoms with Crippen LogP contribution in [0.3, 0.4) is 0 Å². The van der Waals surface area contributed by atoms with Crippen molar-refractivity contribution in [1.82, 2.24) is 9.80 Å². The fourth-order valence-electron chi connectivity index (χ4n) is 2.59. The summed E-state index contributed by atoms with van der Waals surface area (Å²) in [5.41, 5.74) is 0.643. The molecular formula is C16H23ClN2O2. The maximum absolute atomic E-state index is 12.5. The van der Waals surface area contributed by atoms with Gasteiger partial charge in [0, 0.05) is 36.8 Å². The normalized spacial score (nSPS) is 18.3. The monoisotopic (exact) mass is 310 g/mol. The molecule has 1 aliphatic rings. The number of nitrogens with zero attached hydrogens (tertiary/aromatic N) is 2.